The van der Waals surface area contributed by atoms with E-state index in [-0.39, 0.29) is 24.0 Å². The van der Waals surface area contributed by atoms with Crippen LogP contribution in [0.1, 0.15) is 41.7 Å². The highest BCUT2D eigenvalue weighted by atomic mass is 127. The number of rotatable bonds is 8. The van der Waals surface area contributed by atoms with Gasteiger partial charge in [-0.05, 0) is 56.4 Å². The second-order valence-electron chi connectivity index (χ2n) is 6.53. The molecule has 2 atom stereocenters. The van der Waals surface area contributed by atoms with Crippen LogP contribution in [-0.4, -0.2) is 48.7 Å². The Kier molecular flexibility index (Phi) is 10.5. The molecule has 2 aromatic rings. The molecule has 5 nitrogen and oxygen atoms in total. The Bertz CT molecular complexity index is 719. The molecular weight excluding hydrogens is 527 g/mol. The number of halogens is 2. The molecule has 0 saturated carbocycles. The minimum absolute atomic E-state index is 0. The second kappa shape index (κ2) is 12.3. The number of thiophene rings is 2. The van der Waals surface area contributed by atoms with E-state index < -0.39 is 6.10 Å². The van der Waals surface area contributed by atoms with Gasteiger partial charge in [-0.25, -0.2) is 0 Å². The van der Waals surface area contributed by atoms with E-state index in [1.807, 2.05) is 19.1 Å². The maximum Gasteiger partial charge on any atom is 0.191 e. The SMILES string of the molecule is CCNC(=NCC(c1cccs1)N1CCCC1)NCC(O)c1ccc(Cl)s1.I. The van der Waals surface area contributed by atoms with Gasteiger partial charge in [0.25, 0.3) is 0 Å². The first-order valence-corrected chi connectivity index (χ1v) is 11.5. The maximum atomic E-state index is 10.4. The lowest BCUT2D eigenvalue weighted by Gasteiger charge is -2.25. The van der Waals surface area contributed by atoms with E-state index in [9.17, 15) is 5.11 Å². The highest BCUT2D eigenvalue weighted by molar-refractivity contribution is 14.0. The molecule has 0 amide bonds. The van der Waals surface area contributed by atoms with E-state index in [2.05, 4.69) is 33.0 Å². The number of hydrogen-bond acceptors (Lipinski definition) is 5. The molecule has 0 bridgehead atoms. The number of aliphatic imine (C=N–C) groups is 1. The molecule has 0 aromatic carbocycles. The Morgan fingerprint density at radius 2 is 2.04 bits per heavy atom. The van der Waals surface area contributed by atoms with Crippen molar-refractivity contribution in [2.24, 2.45) is 4.99 Å². The Hall–Kier alpha value is -0.390. The summed E-state index contributed by atoms with van der Waals surface area (Å²) in [6.45, 7) is 6.21. The number of nitrogens with zero attached hydrogens (tertiary/aromatic N) is 2. The predicted molar refractivity (Wildman–Crippen MR) is 132 cm³/mol. The van der Waals surface area contributed by atoms with Gasteiger partial charge in [0.2, 0.25) is 0 Å². The number of aliphatic hydroxyl groups is 1. The molecule has 0 radical (unpaired) electrons. The van der Waals surface area contributed by atoms with Gasteiger partial charge in [-0.15, -0.1) is 46.7 Å². The van der Waals surface area contributed by atoms with Crippen LogP contribution in [0.25, 0.3) is 0 Å². The monoisotopic (exact) mass is 554 g/mol. The van der Waals surface area contributed by atoms with Crippen LogP contribution in [0.15, 0.2) is 34.6 Å². The highest BCUT2D eigenvalue weighted by Crippen LogP contribution is 2.29. The Labute approximate surface area is 197 Å². The van der Waals surface area contributed by atoms with Crippen LogP contribution in [0.5, 0.6) is 0 Å². The molecule has 1 aliphatic rings. The van der Waals surface area contributed by atoms with E-state index in [1.54, 1.807) is 11.3 Å². The number of guanidine groups is 1. The van der Waals surface area contributed by atoms with Crippen molar-refractivity contribution in [2.45, 2.75) is 31.9 Å². The average Bonchev–Trinajstić information content (AvgIpc) is 3.42. The molecule has 28 heavy (non-hydrogen) atoms. The summed E-state index contributed by atoms with van der Waals surface area (Å²) in [5, 5.41) is 19.0. The summed E-state index contributed by atoms with van der Waals surface area (Å²) in [5.41, 5.74) is 0. The molecule has 1 saturated heterocycles. The Morgan fingerprint density at radius 3 is 2.64 bits per heavy atom. The lowest BCUT2D eigenvalue weighted by atomic mass is 10.2. The lowest BCUT2D eigenvalue weighted by molar-refractivity contribution is 0.184. The standard InChI is InChI=1S/C19H27ClN4OS2.HI/c1-2-21-19(23-13-15(25)17-7-8-18(20)27-17)22-12-14(16-6-5-11-26-16)24-9-3-4-10-24;/h5-8,11,14-15,25H,2-4,9-10,12-13H2,1H3,(H2,21,22,23);1H. The van der Waals surface area contributed by atoms with Gasteiger partial charge in [0, 0.05) is 22.8 Å². The molecule has 2 unspecified atom stereocenters. The fraction of sp³-hybridized carbons (Fsp3) is 0.526. The molecule has 3 N–H and O–H groups in total. The fourth-order valence-electron chi connectivity index (χ4n) is 3.24. The zero-order valence-electron chi connectivity index (χ0n) is 15.9. The Balaban J connectivity index is 0.00000280. The van der Waals surface area contributed by atoms with Gasteiger partial charge in [0.1, 0.15) is 6.10 Å². The molecule has 1 aliphatic heterocycles. The first-order chi connectivity index (χ1) is 13.2. The van der Waals surface area contributed by atoms with Crippen molar-refractivity contribution in [2.75, 3.05) is 32.7 Å². The molecular formula is C19H28ClIN4OS2. The van der Waals surface area contributed by atoms with Crippen LogP contribution in [0.4, 0.5) is 0 Å². The summed E-state index contributed by atoms with van der Waals surface area (Å²) in [7, 11) is 0. The van der Waals surface area contributed by atoms with Crippen LogP contribution >= 0.6 is 58.3 Å². The lowest BCUT2D eigenvalue weighted by Crippen LogP contribution is -2.40. The molecule has 3 heterocycles. The molecule has 2 aromatic heterocycles. The third-order valence-corrected chi connectivity index (χ3v) is 6.91. The molecule has 3 rings (SSSR count). The van der Waals surface area contributed by atoms with Gasteiger partial charge < -0.3 is 15.7 Å². The van der Waals surface area contributed by atoms with Crippen molar-refractivity contribution in [3.63, 3.8) is 0 Å². The summed E-state index contributed by atoms with van der Waals surface area (Å²) >= 11 is 9.16. The molecule has 1 fully saturated rings. The quantitative estimate of drug-likeness (QED) is 0.255. The zero-order valence-corrected chi connectivity index (χ0v) is 20.7. The summed E-state index contributed by atoms with van der Waals surface area (Å²) in [6, 6.07) is 8.31. The molecule has 156 valence electrons. The normalized spacial score (nSPS) is 17.2. The number of aliphatic hydroxyl groups excluding tert-OH is 1. The first kappa shape index (κ1) is 23.9. The van der Waals surface area contributed by atoms with E-state index in [4.69, 9.17) is 16.6 Å². The highest BCUT2D eigenvalue weighted by Gasteiger charge is 2.24. The van der Waals surface area contributed by atoms with E-state index >= 15 is 0 Å². The first-order valence-electron chi connectivity index (χ1n) is 9.40. The summed E-state index contributed by atoms with van der Waals surface area (Å²) in [6.07, 6.45) is 1.93. The minimum atomic E-state index is -0.599. The fourth-order valence-corrected chi connectivity index (χ4v) is 5.14. The van der Waals surface area contributed by atoms with Gasteiger partial charge >= 0.3 is 0 Å². The largest absolute Gasteiger partial charge is 0.386 e. The van der Waals surface area contributed by atoms with E-state index in [0.717, 1.165) is 30.5 Å². The van der Waals surface area contributed by atoms with Crippen molar-refractivity contribution in [3.8, 4) is 0 Å². The van der Waals surface area contributed by atoms with Crippen molar-refractivity contribution >= 4 is 64.2 Å². The average molecular weight is 555 g/mol. The van der Waals surface area contributed by atoms with Crippen LogP contribution in [-0.2, 0) is 0 Å². The zero-order chi connectivity index (χ0) is 19.1. The van der Waals surface area contributed by atoms with Crippen molar-refractivity contribution in [3.05, 3.63) is 43.7 Å². The van der Waals surface area contributed by atoms with Gasteiger partial charge in [0.05, 0.1) is 16.9 Å². The van der Waals surface area contributed by atoms with Crippen LogP contribution < -0.4 is 10.6 Å². The van der Waals surface area contributed by atoms with Crippen molar-refractivity contribution in [1.82, 2.24) is 15.5 Å². The number of nitrogens with one attached hydrogen (secondary N) is 2. The second-order valence-corrected chi connectivity index (χ2v) is 9.26. The molecule has 0 spiro atoms. The van der Waals surface area contributed by atoms with Crippen LogP contribution in [0.2, 0.25) is 4.34 Å². The molecule has 0 aliphatic carbocycles. The topological polar surface area (TPSA) is 59.9 Å². The summed E-state index contributed by atoms with van der Waals surface area (Å²) < 4.78 is 0.689. The Morgan fingerprint density at radius 1 is 1.25 bits per heavy atom. The van der Waals surface area contributed by atoms with Crippen molar-refractivity contribution in [1.29, 1.82) is 0 Å². The van der Waals surface area contributed by atoms with E-state index in [0.29, 0.717) is 23.5 Å². The summed E-state index contributed by atoms with van der Waals surface area (Å²) in [4.78, 5) is 9.56. The maximum absolute atomic E-state index is 10.4. The van der Waals surface area contributed by atoms with Crippen molar-refractivity contribution < 1.29 is 5.11 Å². The number of hydrogen-bond donors (Lipinski definition) is 3. The van der Waals surface area contributed by atoms with E-state index in [1.165, 1.54) is 29.1 Å². The smallest absolute Gasteiger partial charge is 0.191 e. The van der Waals surface area contributed by atoms with Crippen LogP contribution in [0, 0.1) is 0 Å². The summed E-state index contributed by atoms with van der Waals surface area (Å²) in [5.74, 6) is 0.736. The van der Waals surface area contributed by atoms with Gasteiger partial charge in [-0.2, -0.15) is 0 Å². The third kappa shape index (κ3) is 6.84. The van der Waals surface area contributed by atoms with Gasteiger partial charge in [-0.3, -0.25) is 9.89 Å². The minimum Gasteiger partial charge on any atom is -0.386 e. The predicted octanol–water partition coefficient (Wildman–Crippen LogP) is 4.51. The molecule has 9 heteroatoms. The third-order valence-electron chi connectivity index (χ3n) is 4.60. The van der Waals surface area contributed by atoms with Crippen LogP contribution in [0.3, 0.4) is 0 Å². The van der Waals surface area contributed by atoms with Gasteiger partial charge in [0.15, 0.2) is 5.96 Å². The number of likely N-dealkylation sites (tertiary alicyclic amines) is 1. The van der Waals surface area contributed by atoms with Gasteiger partial charge in [-0.1, -0.05) is 17.7 Å².